The van der Waals surface area contributed by atoms with Crippen LogP contribution in [0.3, 0.4) is 0 Å². The molecule has 4 rings (SSSR count). The molecule has 2 aliphatic rings. The normalized spacial score (nSPS) is 16.2. The summed E-state index contributed by atoms with van der Waals surface area (Å²) >= 11 is 0. The largest absolute Gasteiger partial charge is 1.00 e. The molecule has 0 spiro atoms. The fraction of sp³-hybridized carbons (Fsp3) is 0.357. The number of benzene rings is 1. The maximum absolute atomic E-state index is 13.3. The van der Waals surface area contributed by atoms with E-state index in [1.165, 1.54) is 12.1 Å². The van der Waals surface area contributed by atoms with E-state index in [1.807, 2.05) is 16.8 Å². The lowest BCUT2D eigenvalue weighted by atomic mass is 10.2. The molecule has 1 N–H and O–H groups in total. The first-order chi connectivity index (χ1) is 10.7. The smallest absolute Gasteiger partial charge is 0.373 e. The van der Waals surface area contributed by atoms with E-state index in [-0.39, 0.29) is 30.6 Å². The molecule has 1 fully saturated rings. The molecule has 10 heteroatoms. The molecular weight excluding hydrogens is 358 g/mol. The number of hydrogen-bond donors (Lipinski definition) is 1. The van der Waals surface area contributed by atoms with Crippen molar-refractivity contribution in [1.82, 2.24) is 20.4 Å². The summed E-state index contributed by atoms with van der Waals surface area (Å²) < 4.78 is 18.7. The first-order valence-corrected chi connectivity index (χ1v) is 7.14. The van der Waals surface area contributed by atoms with Crippen molar-refractivity contribution in [3.05, 3.63) is 29.8 Å². The van der Waals surface area contributed by atoms with Crippen LogP contribution in [0.1, 0.15) is 5.82 Å². The van der Waals surface area contributed by atoms with E-state index >= 15 is 0 Å². The quantitative estimate of drug-likeness (QED) is 0.650. The molecule has 7 nitrogen and oxygen atoms in total. The van der Waals surface area contributed by atoms with Crippen molar-refractivity contribution in [3.8, 4) is 0 Å². The van der Waals surface area contributed by atoms with Crippen molar-refractivity contribution < 1.29 is 21.3 Å². The molecule has 0 unspecified atom stereocenters. The molecule has 1 saturated heterocycles. The average Bonchev–Trinajstić information content (AvgIpc) is 3.13. The van der Waals surface area contributed by atoms with Gasteiger partial charge in [-0.05, 0) is 22.3 Å². The lowest BCUT2D eigenvalue weighted by Crippen LogP contribution is -3.00. The minimum Gasteiger partial charge on any atom is -1.00 e. The Hall–Kier alpha value is -1.90. The number of fused-ring (bicyclic) bond motifs is 1. The van der Waals surface area contributed by atoms with E-state index in [0.29, 0.717) is 23.4 Å². The van der Waals surface area contributed by atoms with Crippen molar-refractivity contribution in [1.29, 1.82) is 0 Å². The Morgan fingerprint density at radius 3 is 2.79 bits per heavy atom. The molecule has 24 heavy (non-hydrogen) atoms. The standard InChI is InChI=1S/C14H15FN6O.2ClH/c1-20-11-3-2-9(15)8-10(11)17-13(20)12-18-14(22-19-12)21-6-4-16-5-7-21;;/h2-3,8,16H,4-7H2,1H3;2*1H/q+1;;/p-1. The van der Waals surface area contributed by atoms with Gasteiger partial charge in [-0.15, -0.1) is 12.4 Å². The Morgan fingerprint density at radius 1 is 1.29 bits per heavy atom. The van der Waals surface area contributed by atoms with Gasteiger partial charge >= 0.3 is 11.9 Å². The molecule has 0 atom stereocenters. The molecule has 3 heterocycles. The van der Waals surface area contributed by atoms with Gasteiger partial charge in [0, 0.05) is 32.2 Å². The monoisotopic (exact) mass is 373 g/mol. The molecule has 0 amide bonds. The number of aliphatic imine (C=N–C) groups is 1. The first kappa shape index (κ1) is 18.4. The summed E-state index contributed by atoms with van der Waals surface area (Å²) in [6, 6.07) is 5.00. The summed E-state index contributed by atoms with van der Waals surface area (Å²) in [5.74, 6) is 0.658. The Balaban J connectivity index is 0.00000104. The second-order valence-electron chi connectivity index (χ2n) is 5.27. The van der Waals surface area contributed by atoms with Crippen LogP contribution in [-0.2, 0) is 0 Å². The van der Waals surface area contributed by atoms with E-state index in [9.17, 15) is 4.39 Å². The van der Waals surface area contributed by atoms with Crippen LogP contribution in [-0.4, -0.2) is 49.2 Å². The second kappa shape index (κ2) is 7.33. The molecular formula is C14H16Cl2FN6O. The van der Waals surface area contributed by atoms with Crippen LogP contribution in [0.4, 0.5) is 21.8 Å². The van der Waals surface area contributed by atoms with Gasteiger partial charge in [0.2, 0.25) is 5.69 Å². The SMILES string of the molecule is CN1C(c2noc(N3CCNCC3)n2)=[N+]c2cc(F)ccc21.Cl.[Cl-]. The van der Waals surface area contributed by atoms with Crippen LogP contribution in [0.25, 0.3) is 0 Å². The summed E-state index contributed by atoms with van der Waals surface area (Å²) in [5, 5.41) is 7.29. The Labute approximate surface area is 150 Å². The van der Waals surface area contributed by atoms with E-state index in [2.05, 4.69) is 20.4 Å². The zero-order valence-corrected chi connectivity index (χ0v) is 14.4. The fourth-order valence-electron chi connectivity index (χ4n) is 2.66. The van der Waals surface area contributed by atoms with Crippen LogP contribution in [0.2, 0.25) is 0 Å². The minimum absolute atomic E-state index is 0. The van der Waals surface area contributed by atoms with Gasteiger partial charge < -0.3 is 27.1 Å². The van der Waals surface area contributed by atoms with Crippen LogP contribution < -0.4 is 32.5 Å². The van der Waals surface area contributed by atoms with Gasteiger partial charge in [0.1, 0.15) is 5.82 Å². The zero-order valence-electron chi connectivity index (χ0n) is 12.9. The Morgan fingerprint density at radius 2 is 2.04 bits per heavy atom. The molecule has 0 bridgehead atoms. The van der Waals surface area contributed by atoms with Crippen molar-refractivity contribution in [2.75, 3.05) is 43.0 Å². The van der Waals surface area contributed by atoms with Gasteiger partial charge in [-0.1, -0.05) is 0 Å². The third-order valence-electron chi connectivity index (χ3n) is 3.85. The van der Waals surface area contributed by atoms with Gasteiger partial charge in [-0.25, -0.2) is 9.29 Å². The second-order valence-corrected chi connectivity index (χ2v) is 5.27. The number of piperazine rings is 1. The predicted molar refractivity (Wildman–Crippen MR) is 87.3 cm³/mol. The number of hydrogen-bond acceptors (Lipinski definition) is 7. The van der Waals surface area contributed by atoms with Crippen molar-refractivity contribution in [2.45, 2.75) is 0 Å². The van der Waals surface area contributed by atoms with Crippen LogP contribution in [0.15, 0.2) is 22.7 Å². The Bertz CT molecular complexity index is 747. The predicted octanol–water partition coefficient (Wildman–Crippen LogP) is -2.09. The molecule has 1 radical (unpaired) electrons. The molecule has 0 saturated carbocycles. The van der Waals surface area contributed by atoms with Crippen molar-refractivity contribution >= 4 is 35.6 Å². The van der Waals surface area contributed by atoms with Crippen molar-refractivity contribution in [2.24, 2.45) is 0 Å². The third-order valence-corrected chi connectivity index (χ3v) is 3.85. The van der Waals surface area contributed by atoms with E-state index in [1.54, 1.807) is 6.07 Å². The number of rotatable bonds is 2. The summed E-state index contributed by atoms with van der Waals surface area (Å²) in [4.78, 5) is 12.7. The number of anilines is 2. The van der Waals surface area contributed by atoms with Gasteiger partial charge in [0.15, 0.2) is 5.69 Å². The van der Waals surface area contributed by atoms with Gasteiger partial charge in [-0.2, -0.15) is 4.98 Å². The molecule has 2 aromatic rings. The van der Waals surface area contributed by atoms with Gasteiger partial charge in [-0.3, -0.25) is 0 Å². The average molecular weight is 374 g/mol. The maximum Gasteiger partial charge on any atom is 0.373 e. The van der Waals surface area contributed by atoms with Crippen LogP contribution >= 0.6 is 12.4 Å². The summed E-state index contributed by atoms with van der Waals surface area (Å²) in [5.41, 5.74) is 1.40. The third kappa shape index (κ3) is 3.17. The molecule has 0 aliphatic carbocycles. The van der Waals surface area contributed by atoms with Gasteiger partial charge in [0.25, 0.3) is 5.82 Å². The highest BCUT2D eigenvalue weighted by Crippen LogP contribution is 2.30. The van der Waals surface area contributed by atoms with Crippen LogP contribution in [0, 0.1) is 5.82 Å². The molecule has 1 aromatic carbocycles. The lowest BCUT2D eigenvalue weighted by molar-refractivity contribution is -0.00000582. The molecule has 2 aliphatic heterocycles. The number of nitrogens with one attached hydrogen (secondary N) is 1. The number of halogens is 3. The lowest BCUT2D eigenvalue weighted by Gasteiger charge is -2.24. The highest BCUT2D eigenvalue weighted by molar-refractivity contribution is 6.12. The zero-order chi connectivity index (χ0) is 15.1. The van der Waals surface area contributed by atoms with Crippen LogP contribution in [0.5, 0.6) is 0 Å². The summed E-state index contributed by atoms with van der Waals surface area (Å²) in [6.45, 7) is 3.44. The van der Waals surface area contributed by atoms with Gasteiger partial charge in [0.05, 0.1) is 7.05 Å². The fourth-order valence-corrected chi connectivity index (χ4v) is 2.66. The number of aromatic nitrogens is 2. The first-order valence-electron chi connectivity index (χ1n) is 7.14. The number of amidine groups is 1. The molecule has 1 aromatic heterocycles. The number of nitrogens with zero attached hydrogens (tertiary/aromatic N) is 5. The van der Waals surface area contributed by atoms with E-state index in [0.717, 1.165) is 31.9 Å². The highest BCUT2D eigenvalue weighted by Gasteiger charge is 2.37. The summed E-state index contributed by atoms with van der Waals surface area (Å²) in [6.07, 6.45) is 0. The Kier molecular flexibility index (Phi) is 5.63. The van der Waals surface area contributed by atoms with E-state index < -0.39 is 0 Å². The minimum atomic E-state index is -0.313. The highest BCUT2D eigenvalue weighted by atomic mass is 35.5. The topological polar surface area (TPSA) is 71.5 Å². The maximum atomic E-state index is 13.3. The molecule has 129 valence electrons. The van der Waals surface area contributed by atoms with Crippen molar-refractivity contribution in [3.63, 3.8) is 0 Å². The summed E-state index contributed by atoms with van der Waals surface area (Å²) in [7, 11) is 1.85. The van der Waals surface area contributed by atoms with E-state index in [4.69, 9.17) is 4.52 Å².